The lowest BCUT2D eigenvalue weighted by Crippen LogP contribution is -2.40. The van der Waals surface area contributed by atoms with E-state index in [1.54, 1.807) is 0 Å². The third-order valence-corrected chi connectivity index (χ3v) is 4.77. The fourth-order valence-corrected chi connectivity index (χ4v) is 3.63. The molecule has 0 aromatic heterocycles. The zero-order chi connectivity index (χ0) is 14.7. The third-order valence-electron chi connectivity index (χ3n) is 4.77. The lowest BCUT2D eigenvalue weighted by molar-refractivity contribution is -0.136. The molecule has 0 unspecified atom stereocenters. The molecule has 1 aromatic carbocycles. The van der Waals surface area contributed by atoms with Gasteiger partial charge in [0.1, 0.15) is 0 Å². The number of methoxy groups -OCH3 is 1. The molecule has 1 saturated carbocycles. The van der Waals surface area contributed by atoms with E-state index in [0.717, 1.165) is 36.2 Å². The first-order chi connectivity index (χ1) is 10.3. The average Bonchev–Trinajstić information content (AvgIpc) is 3.09. The minimum absolute atomic E-state index is 0.170. The number of nitrogens with zero attached hydrogens (tertiary/aromatic N) is 1. The molecule has 1 heterocycles. The van der Waals surface area contributed by atoms with Gasteiger partial charge in [-0.3, -0.25) is 4.90 Å². The highest BCUT2D eigenvalue weighted by Crippen LogP contribution is 2.32. The molecular weight excluding hydrogens is 262 g/mol. The van der Waals surface area contributed by atoms with Gasteiger partial charge in [-0.15, -0.1) is 0 Å². The number of esters is 1. The molecule has 112 valence electrons. The first-order valence-electron chi connectivity index (χ1n) is 7.89. The predicted molar refractivity (Wildman–Crippen MR) is 83.8 cm³/mol. The van der Waals surface area contributed by atoms with Crippen LogP contribution in [-0.2, 0) is 9.53 Å². The maximum atomic E-state index is 12.2. The van der Waals surface area contributed by atoms with Crippen LogP contribution in [0.3, 0.4) is 0 Å². The van der Waals surface area contributed by atoms with Gasteiger partial charge in [0.2, 0.25) is 0 Å². The van der Waals surface area contributed by atoms with Crippen molar-refractivity contribution in [2.24, 2.45) is 0 Å². The smallest absolute Gasteiger partial charge is 0.335 e. The van der Waals surface area contributed by atoms with Crippen molar-refractivity contribution in [3.63, 3.8) is 0 Å². The summed E-state index contributed by atoms with van der Waals surface area (Å²) >= 11 is 0. The highest BCUT2D eigenvalue weighted by molar-refractivity contribution is 5.98. The highest BCUT2D eigenvalue weighted by Gasteiger charge is 2.30. The molecule has 1 aliphatic carbocycles. The summed E-state index contributed by atoms with van der Waals surface area (Å²) in [5.41, 5.74) is 3.17. The summed E-state index contributed by atoms with van der Waals surface area (Å²) in [6.07, 6.45) is 6.13. The zero-order valence-electron chi connectivity index (χ0n) is 12.7. The molecule has 0 spiro atoms. The van der Waals surface area contributed by atoms with Crippen LogP contribution in [0.15, 0.2) is 35.9 Å². The predicted octanol–water partition coefficient (Wildman–Crippen LogP) is 3.26. The van der Waals surface area contributed by atoms with Gasteiger partial charge >= 0.3 is 5.97 Å². The molecule has 21 heavy (non-hydrogen) atoms. The van der Waals surface area contributed by atoms with Crippen molar-refractivity contribution < 1.29 is 9.53 Å². The largest absolute Gasteiger partial charge is 0.466 e. The molecular formula is C18H23NO2. The summed E-state index contributed by atoms with van der Waals surface area (Å²) in [6, 6.07) is 10.9. The molecule has 3 heteroatoms. The Hall–Kier alpha value is -1.61. The topological polar surface area (TPSA) is 29.5 Å². The highest BCUT2D eigenvalue weighted by atomic mass is 16.5. The molecule has 1 aliphatic heterocycles. The standard InChI is InChI=1S/C18H23NO2/c1-21-18(20)17-13-19(15-9-5-6-10-15)12-11-16(17)14-7-3-2-4-8-14/h2-4,7-8,15H,5-6,9-13H2,1H3. The van der Waals surface area contributed by atoms with Crippen molar-refractivity contribution in [3.8, 4) is 0 Å². The van der Waals surface area contributed by atoms with Crippen molar-refractivity contribution in [2.45, 2.75) is 38.1 Å². The van der Waals surface area contributed by atoms with Crippen LogP contribution < -0.4 is 0 Å². The number of carbonyl (C=O) groups excluding carboxylic acids is 1. The molecule has 3 nitrogen and oxygen atoms in total. The van der Waals surface area contributed by atoms with E-state index in [0.29, 0.717) is 6.04 Å². The third kappa shape index (κ3) is 3.03. The van der Waals surface area contributed by atoms with Gasteiger partial charge < -0.3 is 4.74 Å². The molecule has 0 bridgehead atoms. The maximum absolute atomic E-state index is 12.2. The average molecular weight is 285 g/mol. The number of hydrogen-bond donors (Lipinski definition) is 0. The van der Waals surface area contributed by atoms with E-state index in [1.807, 2.05) is 18.2 Å². The van der Waals surface area contributed by atoms with Crippen LogP contribution in [0.4, 0.5) is 0 Å². The van der Waals surface area contributed by atoms with Gasteiger partial charge in [0.15, 0.2) is 0 Å². The van der Waals surface area contributed by atoms with Crippen molar-refractivity contribution in [3.05, 3.63) is 41.5 Å². The summed E-state index contributed by atoms with van der Waals surface area (Å²) in [4.78, 5) is 14.7. The number of benzene rings is 1. The van der Waals surface area contributed by atoms with Gasteiger partial charge in [-0.2, -0.15) is 0 Å². The van der Waals surface area contributed by atoms with E-state index in [1.165, 1.54) is 32.8 Å². The molecule has 0 saturated heterocycles. The Bertz CT molecular complexity index is 529. The van der Waals surface area contributed by atoms with Crippen LogP contribution in [0, 0.1) is 0 Å². The van der Waals surface area contributed by atoms with Gasteiger partial charge in [0.05, 0.1) is 12.7 Å². The summed E-state index contributed by atoms with van der Waals surface area (Å²) in [7, 11) is 1.48. The number of ether oxygens (including phenoxy) is 1. The fraction of sp³-hybridized carbons (Fsp3) is 0.500. The van der Waals surface area contributed by atoms with E-state index in [2.05, 4.69) is 17.0 Å². The molecule has 2 aliphatic rings. The minimum Gasteiger partial charge on any atom is -0.466 e. The molecule has 0 N–H and O–H groups in total. The number of rotatable bonds is 3. The van der Waals surface area contributed by atoms with E-state index in [-0.39, 0.29) is 5.97 Å². The monoisotopic (exact) mass is 285 g/mol. The van der Waals surface area contributed by atoms with Gasteiger partial charge in [-0.1, -0.05) is 43.2 Å². The Kier molecular flexibility index (Phi) is 4.39. The summed E-state index contributed by atoms with van der Waals surface area (Å²) in [5.74, 6) is -0.170. The maximum Gasteiger partial charge on any atom is 0.335 e. The molecule has 3 rings (SSSR count). The van der Waals surface area contributed by atoms with Crippen LogP contribution >= 0.6 is 0 Å². The van der Waals surface area contributed by atoms with E-state index in [4.69, 9.17) is 4.74 Å². The van der Waals surface area contributed by atoms with Crippen LogP contribution in [0.5, 0.6) is 0 Å². The van der Waals surface area contributed by atoms with Crippen molar-refractivity contribution >= 4 is 11.5 Å². The fourth-order valence-electron chi connectivity index (χ4n) is 3.63. The minimum atomic E-state index is -0.170. The first-order valence-corrected chi connectivity index (χ1v) is 7.89. The first kappa shape index (κ1) is 14.3. The van der Waals surface area contributed by atoms with Crippen molar-refractivity contribution in [2.75, 3.05) is 20.2 Å². The molecule has 1 fully saturated rings. The van der Waals surface area contributed by atoms with Gasteiger partial charge in [0.25, 0.3) is 0 Å². The summed E-state index contributed by atoms with van der Waals surface area (Å²) in [5, 5.41) is 0. The Labute approximate surface area is 126 Å². The van der Waals surface area contributed by atoms with Crippen molar-refractivity contribution in [1.82, 2.24) is 4.90 Å². The molecule has 1 aromatic rings. The molecule has 0 amide bonds. The lowest BCUT2D eigenvalue weighted by atomic mass is 9.92. The Morgan fingerprint density at radius 2 is 1.90 bits per heavy atom. The zero-order valence-corrected chi connectivity index (χ0v) is 12.7. The van der Waals surface area contributed by atoms with Crippen LogP contribution in [0.1, 0.15) is 37.7 Å². The van der Waals surface area contributed by atoms with Crippen molar-refractivity contribution in [1.29, 1.82) is 0 Å². The van der Waals surface area contributed by atoms with Crippen LogP contribution in [0.2, 0.25) is 0 Å². The van der Waals surface area contributed by atoms with Gasteiger partial charge in [-0.05, 0) is 30.4 Å². The van der Waals surface area contributed by atoms with E-state index < -0.39 is 0 Å². The number of carbonyl (C=O) groups is 1. The number of hydrogen-bond acceptors (Lipinski definition) is 3. The Morgan fingerprint density at radius 1 is 1.19 bits per heavy atom. The van der Waals surface area contributed by atoms with Crippen LogP contribution in [0.25, 0.3) is 5.57 Å². The van der Waals surface area contributed by atoms with E-state index in [9.17, 15) is 4.79 Å². The second kappa shape index (κ2) is 6.44. The van der Waals surface area contributed by atoms with E-state index >= 15 is 0 Å². The molecule has 0 radical (unpaired) electrons. The summed E-state index contributed by atoms with van der Waals surface area (Å²) < 4.78 is 5.03. The second-order valence-electron chi connectivity index (χ2n) is 5.97. The SMILES string of the molecule is COC(=O)C1=C(c2ccccc2)CCN(C2CCCC2)C1. The van der Waals surface area contributed by atoms with Gasteiger partial charge in [0, 0.05) is 19.1 Å². The van der Waals surface area contributed by atoms with Crippen LogP contribution in [-0.4, -0.2) is 37.1 Å². The second-order valence-corrected chi connectivity index (χ2v) is 5.97. The normalized spacial score (nSPS) is 20.8. The lowest BCUT2D eigenvalue weighted by Gasteiger charge is -2.34. The van der Waals surface area contributed by atoms with Gasteiger partial charge in [-0.25, -0.2) is 4.79 Å². The Balaban J connectivity index is 1.89. The molecule has 0 atom stereocenters. The quantitative estimate of drug-likeness (QED) is 0.798. The Morgan fingerprint density at radius 3 is 2.57 bits per heavy atom. The summed E-state index contributed by atoms with van der Waals surface area (Å²) in [6.45, 7) is 1.79.